The van der Waals surface area contributed by atoms with Gasteiger partial charge in [0.15, 0.2) is 5.75 Å². The van der Waals surface area contributed by atoms with Crippen LogP contribution in [-0.4, -0.2) is 40.0 Å². The van der Waals surface area contributed by atoms with E-state index in [9.17, 15) is 20.0 Å². The first-order valence-corrected chi connectivity index (χ1v) is 8.34. The van der Waals surface area contributed by atoms with E-state index >= 15 is 0 Å². The van der Waals surface area contributed by atoms with E-state index in [2.05, 4.69) is 0 Å². The number of phenols is 1. The maximum atomic E-state index is 12.7. The number of nitro benzene ring substituents is 1. The van der Waals surface area contributed by atoms with Gasteiger partial charge in [0, 0.05) is 18.2 Å². The van der Waals surface area contributed by atoms with Gasteiger partial charge in [-0.25, -0.2) is 0 Å². The Balaban J connectivity index is 1.81. The Morgan fingerprint density at radius 1 is 1.42 bits per heavy atom. The molecular formula is C16H16N2O5S. The molecule has 0 unspecified atom stereocenters. The third kappa shape index (κ3) is 3.24. The molecule has 24 heavy (non-hydrogen) atoms. The van der Waals surface area contributed by atoms with Crippen LogP contribution in [0, 0.1) is 10.1 Å². The number of carbonyl (C=O) groups excluding carboxylic acids is 1. The highest BCUT2D eigenvalue weighted by Gasteiger charge is 2.30. The number of rotatable bonds is 3. The summed E-state index contributed by atoms with van der Waals surface area (Å²) in [5.74, 6) is -0.794. The van der Waals surface area contributed by atoms with Crippen molar-refractivity contribution in [2.24, 2.45) is 0 Å². The predicted octanol–water partition coefficient (Wildman–Crippen LogP) is 2.96. The molecule has 3 rings (SSSR count). The Hall–Kier alpha value is -2.45. The molecule has 1 aliphatic heterocycles. The summed E-state index contributed by atoms with van der Waals surface area (Å²) in [6.45, 7) is 2.72. The highest BCUT2D eigenvalue weighted by molar-refractivity contribution is 7.07. The molecule has 2 heterocycles. The van der Waals surface area contributed by atoms with Gasteiger partial charge in [0.25, 0.3) is 5.91 Å². The van der Waals surface area contributed by atoms with E-state index in [-0.39, 0.29) is 23.7 Å². The van der Waals surface area contributed by atoms with Crippen LogP contribution in [0.5, 0.6) is 5.75 Å². The molecule has 0 spiro atoms. The predicted molar refractivity (Wildman–Crippen MR) is 88.3 cm³/mol. The van der Waals surface area contributed by atoms with Gasteiger partial charge in [-0.15, -0.1) is 0 Å². The fraction of sp³-hybridized carbons (Fsp3) is 0.312. The maximum Gasteiger partial charge on any atom is 0.310 e. The summed E-state index contributed by atoms with van der Waals surface area (Å²) in [6.07, 6.45) is -0.324. The molecule has 1 saturated heterocycles. The minimum atomic E-state index is -0.688. The van der Waals surface area contributed by atoms with E-state index in [1.807, 2.05) is 23.8 Å². The van der Waals surface area contributed by atoms with E-state index in [0.717, 1.165) is 17.7 Å². The summed E-state index contributed by atoms with van der Waals surface area (Å²) in [5, 5.41) is 24.4. The van der Waals surface area contributed by atoms with Crippen LogP contribution >= 0.6 is 11.3 Å². The van der Waals surface area contributed by atoms with Crippen molar-refractivity contribution in [3.05, 3.63) is 56.3 Å². The number of aromatic hydroxyl groups is 1. The minimum absolute atomic E-state index is 0.126. The van der Waals surface area contributed by atoms with Crippen LogP contribution in [0.25, 0.3) is 0 Å². The Morgan fingerprint density at radius 3 is 2.83 bits per heavy atom. The monoisotopic (exact) mass is 348 g/mol. The van der Waals surface area contributed by atoms with Crippen molar-refractivity contribution >= 4 is 22.9 Å². The van der Waals surface area contributed by atoms with Gasteiger partial charge >= 0.3 is 5.69 Å². The number of morpholine rings is 1. The molecule has 8 heteroatoms. The standard InChI is InChI=1S/C16H16N2O5S/c1-10-7-17(8-15(23-10)12-4-5-24-9-12)16(20)11-2-3-13(18(21)22)14(19)6-11/h2-6,9-10,15,19H,7-8H2,1H3/t10-,15-/m1/s1. The maximum absolute atomic E-state index is 12.7. The summed E-state index contributed by atoms with van der Waals surface area (Å²) in [4.78, 5) is 24.4. The Labute approximate surface area is 142 Å². The minimum Gasteiger partial charge on any atom is -0.502 e. The first-order valence-electron chi connectivity index (χ1n) is 7.40. The number of hydrogen-bond acceptors (Lipinski definition) is 6. The average Bonchev–Trinajstić information content (AvgIpc) is 3.07. The Bertz CT molecular complexity index is 762. The smallest absolute Gasteiger partial charge is 0.310 e. The SMILES string of the molecule is C[C@@H]1CN(C(=O)c2ccc([N+](=O)[O-])c(O)c2)C[C@H](c2ccsc2)O1. The molecule has 1 aliphatic rings. The third-order valence-corrected chi connectivity index (χ3v) is 4.58. The van der Waals surface area contributed by atoms with Crippen molar-refractivity contribution in [3.63, 3.8) is 0 Å². The van der Waals surface area contributed by atoms with Crippen molar-refractivity contribution in [3.8, 4) is 5.75 Å². The van der Waals surface area contributed by atoms with Crippen molar-refractivity contribution in [2.75, 3.05) is 13.1 Å². The lowest BCUT2D eigenvalue weighted by molar-refractivity contribution is -0.385. The van der Waals surface area contributed by atoms with Gasteiger partial charge in [-0.3, -0.25) is 14.9 Å². The zero-order valence-corrected chi connectivity index (χ0v) is 13.7. The van der Waals surface area contributed by atoms with Crippen molar-refractivity contribution in [1.29, 1.82) is 0 Å². The normalized spacial score (nSPS) is 20.8. The van der Waals surface area contributed by atoms with Crippen LogP contribution in [0.15, 0.2) is 35.0 Å². The van der Waals surface area contributed by atoms with E-state index in [1.165, 1.54) is 6.07 Å². The van der Waals surface area contributed by atoms with Crippen molar-refractivity contribution in [1.82, 2.24) is 4.90 Å². The lowest BCUT2D eigenvalue weighted by atomic mass is 10.1. The molecule has 2 aromatic rings. The largest absolute Gasteiger partial charge is 0.502 e. The number of benzene rings is 1. The zero-order chi connectivity index (χ0) is 17.3. The molecule has 1 fully saturated rings. The third-order valence-electron chi connectivity index (χ3n) is 3.88. The quantitative estimate of drug-likeness (QED) is 0.680. The summed E-state index contributed by atoms with van der Waals surface area (Å²) in [6, 6.07) is 5.61. The Morgan fingerprint density at radius 2 is 2.21 bits per heavy atom. The first-order chi connectivity index (χ1) is 11.5. The van der Waals surface area contributed by atoms with Gasteiger partial charge < -0.3 is 14.7 Å². The molecule has 7 nitrogen and oxygen atoms in total. The van der Waals surface area contributed by atoms with Crippen molar-refractivity contribution < 1.29 is 19.6 Å². The van der Waals surface area contributed by atoms with E-state index in [1.54, 1.807) is 16.2 Å². The van der Waals surface area contributed by atoms with Gasteiger partial charge in [0.05, 0.1) is 17.6 Å². The van der Waals surface area contributed by atoms with Gasteiger partial charge in [0.1, 0.15) is 6.10 Å². The summed E-state index contributed by atoms with van der Waals surface area (Å²) in [5.41, 5.74) is 0.824. The summed E-state index contributed by atoms with van der Waals surface area (Å²) in [7, 11) is 0. The number of thiophene rings is 1. The molecule has 0 bridgehead atoms. The average molecular weight is 348 g/mol. The fourth-order valence-electron chi connectivity index (χ4n) is 2.75. The molecule has 0 saturated carbocycles. The molecule has 0 radical (unpaired) electrons. The molecule has 1 aromatic heterocycles. The fourth-order valence-corrected chi connectivity index (χ4v) is 3.45. The molecule has 2 atom stereocenters. The number of hydrogen-bond donors (Lipinski definition) is 1. The van der Waals surface area contributed by atoms with E-state index < -0.39 is 16.4 Å². The molecular weight excluding hydrogens is 332 g/mol. The number of nitrogens with zero attached hydrogens (tertiary/aromatic N) is 2. The van der Waals surface area contributed by atoms with Crippen LogP contribution in [-0.2, 0) is 4.74 Å². The highest BCUT2D eigenvalue weighted by Crippen LogP contribution is 2.30. The van der Waals surface area contributed by atoms with Crippen molar-refractivity contribution in [2.45, 2.75) is 19.1 Å². The molecule has 1 aromatic carbocycles. The van der Waals surface area contributed by atoms with Gasteiger partial charge in [-0.05, 0) is 41.4 Å². The number of phenolic OH excluding ortho intramolecular Hbond substituents is 1. The molecule has 0 aliphatic carbocycles. The lowest BCUT2D eigenvalue weighted by Gasteiger charge is -2.36. The topological polar surface area (TPSA) is 92.9 Å². The van der Waals surface area contributed by atoms with E-state index in [4.69, 9.17) is 4.74 Å². The molecule has 1 amide bonds. The first kappa shape index (κ1) is 16.4. The molecule has 126 valence electrons. The van der Waals surface area contributed by atoms with Crippen LogP contribution in [0.2, 0.25) is 0 Å². The number of nitro groups is 1. The highest BCUT2D eigenvalue weighted by atomic mass is 32.1. The summed E-state index contributed by atoms with van der Waals surface area (Å²) >= 11 is 1.57. The van der Waals surface area contributed by atoms with Crippen LogP contribution in [0.3, 0.4) is 0 Å². The second kappa shape index (κ2) is 6.58. The van der Waals surface area contributed by atoms with E-state index in [0.29, 0.717) is 13.1 Å². The second-order valence-corrected chi connectivity index (χ2v) is 6.44. The Kier molecular flexibility index (Phi) is 4.50. The van der Waals surface area contributed by atoms with Gasteiger partial charge in [-0.2, -0.15) is 11.3 Å². The second-order valence-electron chi connectivity index (χ2n) is 5.66. The van der Waals surface area contributed by atoms with Crippen LogP contribution in [0.1, 0.15) is 28.9 Å². The van der Waals surface area contributed by atoms with Crippen LogP contribution in [0.4, 0.5) is 5.69 Å². The molecule has 1 N–H and O–H groups in total. The zero-order valence-electron chi connectivity index (χ0n) is 12.9. The number of amides is 1. The lowest BCUT2D eigenvalue weighted by Crippen LogP contribution is -2.45. The van der Waals surface area contributed by atoms with Gasteiger partial charge in [-0.1, -0.05) is 0 Å². The number of carbonyl (C=O) groups is 1. The van der Waals surface area contributed by atoms with Crippen LogP contribution < -0.4 is 0 Å². The summed E-state index contributed by atoms with van der Waals surface area (Å²) < 4.78 is 5.90. The number of ether oxygens (including phenoxy) is 1. The van der Waals surface area contributed by atoms with Gasteiger partial charge in [0.2, 0.25) is 0 Å².